The van der Waals surface area contributed by atoms with Crippen molar-refractivity contribution in [3.63, 3.8) is 0 Å². The number of nitrogens with one attached hydrogen (secondary N) is 1. The molecule has 0 atom stereocenters. The van der Waals surface area contributed by atoms with Gasteiger partial charge in [-0.25, -0.2) is 0 Å². The van der Waals surface area contributed by atoms with Crippen LogP contribution in [-0.4, -0.2) is 19.2 Å². The minimum atomic E-state index is 0.602. The molecule has 1 aliphatic rings. The van der Waals surface area contributed by atoms with E-state index in [1.54, 1.807) is 0 Å². The fourth-order valence-corrected chi connectivity index (χ4v) is 2.27. The summed E-state index contributed by atoms with van der Waals surface area (Å²) in [7, 11) is 0. The molecule has 0 amide bonds. The Kier molecular flexibility index (Phi) is 5.77. The van der Waals surface area contributed by atoms with E-state index in [-0.39, 0.29) is 0 Å². The molecule has 0 heterocycles. The van der Waals surface area contributed by atoms with Gasteiger partial charge >= 0.3 is 0 Å². The molecule has 0 aliphatic heterocycles. The number of hydrogen-bond donors (Lipinski definition) is 1. The van der Waals surface area contributed by atoms with E-state index in [0.29, 0.717) is 5.92 Å². The second kappa shape index (κ2) is 6.89. The van der Waals surface area contributed by atoms with Crippen molar-refractivity contribution in [3.8, 4) is 0 Å². The van der Waals surface area contributed by atoms with Crippen molar-refractivity contribution >= 4 is 0 Å². The molecule has 1 saturated carbocycles. The van der Waals surface area contributed by atoms with E-state index in [1.165, 1.54) is 32.1 Å². The summed E-state index contributed by atoms with van der Waals surface area (Å²) in [5, 5.41) is 3.59. The second-order valence-electron chi connectivity index (χ2n) is 4.40. The molecule has 0 bridgehead atoms. The van der Waals surface area contributed by atoms with Crippen LogP contribution in [-0.2, 0) is 4.74 Å². The molecule has 0 aromatic heterocycles. The number of rotatable bonds is 6. The minimum absolute atomic E-state index is 0.602. The SMILES string of the molecule is C=C(OCC)C1CCC(NCCC)CC1. The van der Waals surface area contributed by atoms with Crippen LogP contribution in [0.3, 0.4) is 0 Å². The average Bonchev–Trinajstić information content (AvgIpc) is 2.27. The normalized spacial score (nSPS) is 26.3. The lowest BCUT2D eigenvalue weighted by atomic mass is 9.85. The molecule has 1 fully saturated rings. The Hall–Kier alpha value is -0.500. The van der Waals surface area contributed by atoms with Crippen LogP contribution >= 0.6 is 0 Å². The van der Waals surface area contributed by atoms with Crippen LogP contribution < -0.4 is 5.32 Å². The third kappa shape index (κ3) is 4.25. The van der Waals surface area contributed by atoms with E-state index in [4.69, 9.17) is 4.74 Å². The van der Waals surface area contributed by atoms with Gasteiger partial charge in [-0.15, -0.1) is 0 Å². The number of hydrogen-bond acceptors (Lipinski definition) is 2. The highest BCUT2D eigenvalue weighted by atomic mass is 16.5. The molecular formula is C13H25NO. The molecule has 0 radical (unpaired) electrons. The maximum atomic E-state index is 5.48. The zero-order valence-corrected chi connectivity index (χ0v) is 10.2. The maximum Gasteiger partial charge on any atom is 0.0918 e. The first-order chi connectivity index (χ1) is 7.27. The van der Waals surface area contributed by atoms with E-state index in [2.05, 4.69) is 18.8 Å². The quantitative estimate of drug-likeness (QED) is 0.682. The Balaban J connectivity index is 2.20. The van der Waals surface area contributed by atoms with Crippen molar-refractivity contribution < 1.29 is 4.74 Å². The summed E-state index contributed by atoms with van der Waals surface area (Å²) in [5.74, 6) is 1.61. The molecule has 15 heavy (non-hydrogen) atoms. The van der Waals surface area contributed by atoms with E-state index >= 15 is 0 Å². The van der Waals surface area contributed by atoms with Gasteiger partial charge in [0.2, 0.25) is 0 Å². The van der Waals surface area contributed by atoms with Crippen molar-refractivity contribution in [1.29, 1.82) is 0 Å². The third-order valence-corrected chi connectivity index (χ3v) is 3.20. The summed E-state index contributed by atoms with van der Waals surface area (Å²) in [6.45, 7) is 10.2. The monoisotopic (exact) mass is 211 g/mol. The van der Waals surface area contributed by atoms with Gasteiger partial charge in [-0.05, 0) is 45.6 Å². The lowest BCUT2D eigenvalue weighted by Gasteiger charge is -2.30. The predicted octanol–water partition coefficient (Wildman–Crippen LogP) is 3.10. The molecule has 2 heteroatoms. The second-order valence-corrected chi connectivity index (χ2v) is 4.40. The molecule has 1 aliphatic carbocycles. The van der Waals surface area contributed by atoms with Gasteiger partial charge < -0.3 is 10.1 Å². The lowest BCUT2D eigenvalue weighted by molar-refractivity contribution is 0.166. The van der Waals surface area contributed by atoms with Crippen molar-refractivity contribution in [2.75, 3.05) is 13.2 Å². The van der Waals surface area contributed by atoms with Gasteiger partial charge in [0.15, 0.2) is 0 Å². The zero-order chi connectivity index (χ0) is 11.1. The summed E-state index contributed by atoms with van der Waals surface area (Å²) in [5.41, 5.74) is 0. The van der Waals surface area contributed by atoms with E-state index in [1.807, 2.05) is 6.92 Å². The summed E-state index contributed by atoms with van der Waals surface area (Å²) in [4.78, 5) is 0. The number of allylic oxidation sites excluding steroid dienone is 1. The van der Waals surface area contributed by atoms with Crippen LogP contribution in [0.25, 0.3) is 0 Å². The van der Waals surface area contributed by atoms with Crippen molar-refractivity contribution in [2.24, 2.45) is 5.92 Å². The molecule has 0 aromatic rings. The van der Waals surface area contributed by atoms with Crippen molar-refractivity contribution in [2.45, 2.75) is 52.0 Å². The number of ether oxygens (including phenoxy) is 1. The highest BCUT2D eigenvalue weighted by Gasteiger charge is 2.23. The van der Waals surface area contributed by atoms with Gasteiger partial charge in [0.1, 0.15) is 0 Å². The molecule has 0 unspecified atom stereocenters. The molecule has 88 valence electrons. The molecule has 2 nitrogen and oxygen atoms in total. The molecule has 1 N–H and O–H groups in total. The Bertz CT molecular complexity index is 183. The van der Waals surface area contributed by atoms with Crippen LogP contribution in [0, 0.1) is 5.92 Å². The van der Waals surface area contributed by atoms with Crippen molar-refractivity contribution in [3.05, 3.63) is 12.3 Å². The summed E-state index contributed by atoms with van der Waals surface area (Å²) < 4.78 is 5.48. The summed E-state index contributed by atoms with van der Waals surface area (Å²) in [6.07, 6.45) is 6.25. The van der Waals surface area contributed by atoms with Crippen LogP contribution in [0.15, 0.2) is 12.3 Å². The standard InChI is InChI=1S/C13H25NO/c1-4-10-14-13-8-6-12(7-9-13)11(3)15-5-2/h12-14H,3-10H2,1-2H3. The van der Waals surface area contributed by atoms with Crippen LogP contribution in [0.5, 0.6) is 0 Å². The first kappa shape index (κ1) is 12.6. The Morgan fingerprint density at radius 3 is 2.47 bits per heavy atom. The van der Waals surface area contributed by atoms with Gasteiger partial charge in [0.05, 0.1) is 12.4 Å². The van der Waals surface area contributed by atoms with Gasteiger partial charge in [-0.2, -0.15) is 0 Å². The lowest BCUT2D eigenvalue weighted by Crippen LogP contribution is -2.34. The average molecular weight is 211 g/mol. The predicted molar refractivity (Wildman–Crippen MR) is 64.8 cm³/mol. The van der Waals surface area contributed by atoms with Crippen molar-refractivity contribution in [1.82, 2.24) is 5.32 Å². The van der Waals surface area contributed by atoms with Crippen LogP contribution in [0.4, 0.5) is 0 Å². The van der Waals surface area contributed by atoms with Gasteiger partial charge in [-0.3, -0.25) is 0 Å². The van der Waals surface area contributed by atoms with E-state index in [0.717, 1.165) is 25.0 Å². The Labute approximate surface area is 94.1 Å². The molecular weight excluding hydrogens is 186 g/mol. The topological polar surface area (TPSA) is 21.3 Å². The summed E-state index contributed by atoms with van der Waals surface area (Å²) >= 11 is 0. The summed E-state index contributed by atoms with van der Waals surface area (Å²) in [6, 6.07) is 0.732. The van der Waals surface area contributed by atoms with Gasteiger partial charge in [0, 0.05) is 12.0 Å². The minimum Gasteiger partial charge on any atom is -0.499 e. The van der Waals surface area contributed by atoms with Gasteiger partial charge in [0.25, 0.3) is 0 Å². The van der Waals surface area contributed by atoms with E-state index < -0.39 is 0 Å². The highest BCUT2D eigenvalue weighted by Crippen LogP contribution is 2.29. The van der Waals surface area contributed by atoms with Crippen LogP contribution in [0.1, 0.15) is 46.0 Å². The van der Waals surface area contributed by atoms with Gasteiger partial charge in [-0.1, -0.05) is 13.5 Å². The molecule has 0 saturated heterocycles. The van der Waals surface area contributed by atoms with E-state index in [9.17, 15) is 0 Å². The fraction of sp³-hybridized carbons (Fsp3) is 0.846. The third-order valence-electron chi connectivity index (χ3n) is 3.20. The zero-order valence-electron chi connectivity index (χ0n) is 10.2. The largest absolute Gasteiger partial charge is 0.499 e. The van der Waals surface area contributed by atoms with Crippen LogP contribution in [0.2, 0.25) is 0 Å². The highest BCUT2D eigenvalue weighted by molar-refractivity contribution is 4.94. The molecule has 0 spiro atoms. The fourth-order valence-electron chi connectivity index (χ4n) is 2.27. The smallest absolute Gasteiger partial charge is 0.0918 e. The first-order valence-electron chi connectivity index (χ1n) is 6.32. The maximum absolute atomic E-state index is 5.48. The molecule has 0 aromatic carbocycles. The Morgan fingerprint density at radius 2 is 1.93 bits per heavy atom. The Morgan fingerprint density at radius 1 is 1.27 bits per heavy atom. The first-order valence-corrected chi connectivity index (χ1v) is 6.32. The molecule has 1 rings (SSSR count).